The molecule has 9 heteroatoms. The molecule has 1 heterocycles. The van der Waals surface area contributed by atoms with Crippen LogP contribution >= 0.6 is 11.6 Å². The molecule has 37 heavy (non-hydrogen) atoms. The molecule has 0 aliphatic rings. The Balaban J connectivity index is 1.55. The van der Waals surface area contributed by atoms with Gasteiger partial charge in [-0.2, -0.15) is 5.10 Å². The van der Waals surface area contributed by atoms with E-state index in [-0.39, 0.29) is 4.90 Å². The van der Waals surface area contributed by atoms with Crippen molar-refractivity contribution in [3.63, 3.8) is 0 Å². The Bertz CT molecular complexity index is 1560. The Morgan fingerprint density at radius 3 is 2.41 bits per heavy atom. The van der Waals surface area contributed by atoms with E-state index in [2.05, 4.69) is 10.5 Å². The van der Waals surface area contributed by atoms with E-state index in [0.29, 0.717) is 10.7 Å². The van der Waals surface area contributed by atoms with Crippen LogP contribution in [-0.2, 0) is 14.8 Å². The summed E-state index contributed by atoms with van der Waals surface area (Å²) in [6, 6.07) is 24.5. The molecule has 0 atom stereocenters. The van der Waals surface area contributed by atoms with Gasteiger partial charge in [0.15, 0.2) is 0 Å². The van der Waals surface area contributed by atoms with Crippen molar-refractivity contribution < 1.29 is 13.2 Å². The van der Waals surface area contributed by atoms with Gasteiger partial charge in [0.1, 0.15) is 6.54 Å². The van der Waals surface area contributed by atoms with Crippen molar-refractivity contribution in [1.29, 1.82) is 0 Å². The molecule has 3 aromatic carbocycles. The van der Waals surface area contributed by atoms with Crippen LogP contribution in [0.5, 0.6) is 0 Å². The molecular weight excluding hydrogens is 508 g/mol. The summed E-state index contributed by atoms with van der Waals surface area (Å²) in [5, 5.41) is 4.74. The number of sulfonamides is 1. The van der Waals surface area contributed by atoms with Gasteiger partial charge in [-0.15, -0.1) is 0 Å². The first-order chi connectivity index (χ1) is 17.7. The Morgan fingerprint density at radius 1 is 0.973 bits per heavy atom. The minimum Gasteiger partial charge on any atom is -0.318 e. The molecule has 4 aromatic rings. The van der Waals surface area contributed by atoms with Crippen LogP contribution in [0, 0.1) is 20.8 Å². The zero-order valence-electron chi connectivity index (χ0n) is 20.7. The van der Waals surface area contributed by atoms with E-state index < -0.39 is 22.5 Å². The highest BCUT2D eigenvalue weighted by Gasteiger charge is 2.27. The molecule has 0 spiro atoms. The van der Waals surface area contributed by atoms with Crippen LogP contribution in [-0.4, -0.2) is 31.7 Å². The number of carbonyl (C=O) groups excluding carboxylic acids is 1. The number of hydrazone groups is 1. The highest BCUT2D eigenvalue weighted by atomic mass is 35.5. The smallest absolute Gasteiger partial charge is 0.264 e. The average molecular weight is 535 g/mol. The summed E-state index contributed by atoms with van der Waals surface area (Å²) in [7, 11) is -3.98. The van der Waals surface area contributed by atoms with Crippen LogP contribution in [0.25, 0.3) is 5.69 Å². The summed E-state index contributed by atoms with van der Waals surface area (Å²) in [5.74, 6) is -0.569. The van der Waals surface area contributed by atoms with E-state index in [1.165, 1.54) is 12.1 Å². The Labute approximate surface area is 222 Å². The maximum absolute atomic E-state index is 13.4. The van der Waals surface area contributed by atoms with Gasteiger partial charge < -0.3 is 4.57 Å². The molecule has 0 fully saturated rings. The van der Waals surface area contributed by atoms with Crippen molar-refractivity contribution in [1.82, 2.24) is 9.99 Å². The molecule has 0 unspecified atom stereocenters. The van der Waals surface area contributed by atoms with Gasteiger partial charge in [0.25, 0.3) is 15.9 Å². The molecule has 0 aliphatic heterocycles. The first-order valence-electron chi connectivity index (χ1n) is 11.6. The Morgan fingerprint density at radius 2 is 1.70 bits per heavy atom. The molecule has 0 saturated heterocycles. The predicted molar refractivity (Wildman–Crippen MR) is 148 cm³/mol. The molecular formula is C28H27ClN4O3S. The lowest BCUT2D eigenvalue weighted by molar-refractivity contribution is -0.119. The van der Waals surface area contributed by atoms with Gasteiger partial charge in [0.05, 0.1) is 16.8 Å². The van der Waals surface area contributed by atoms with E-state index in [0.717, 1.165) is 32.5 Å². The van der Waals surface area contributed by atoms with E-state index in [1.807, 2.05) is 61.7 Å². The molecule has 0 radical (unpaired) electrons. The average Bonchev–Trinajstić information content (AvgIpc) is 3.15. The maximum Gasteiger partial charge on any atom is 0.264 e. The number of hydrogen-bond donors (Lipinski definition) is 1. The minimum atomic E-state index is -3.98. The zero-order valence-corrected chi connectivity index (χ0v) is 22.3. The number of amides is 1. The fraction of sp³-hybridized carbons (Fsp3) is 0.143. The van der Waals surface area contributed by atoms with Gasteiger partial charge in [-0.05, 0) is 74.9 Å². The third-order valence-electron chi connectivity index (χ3n) is 5.84. The lowest BCUT2D eigenvalue weighted by Crippen LogP contribution is -2.39. The first kappa shape index (κ1) is 26.2. The molecule has 0 bridgehead atoms. The highest BCUT2D eigenvalue weighted by Crippen LogP contribution is 2.25. The van der Waals surface area contributed by atoms with Crippen LogP contribution in [0.2, 0.25) is 5.02 Å². The minimum absolute atomic E-state index is 0.0984. The third kappa shape index (κ3) is 5.93. The zero-order chi connectivity index (χ0) is 26.6. The van der Waals surface area contributed by atoms with E-state index >= 15 is 0 Å². The number of aryl methyl sites for hydroxylation is 2. The second kappa shape index (κ2) is 11.0. The van der Waals surface area contributed by atoms with Crippen molar-refractivity contribution in [2.75, 3.05) is 10.8 Å². The van der Waals surface area contributed by atoms with E-state index in [9.17, 15) is 13.2 Å². The number of rotatable bonds is 8. The lowest BCUT2D eigenvalue weighted by atomic mass is 10.2. The van der Waals surface area contributed by atoms with E-state index in [4.69, 9.17) is 11.6 Å². The van der Waals surface area contributed by atoms with Crippen molar-refractivity contribution in [2.24, 2.45) is 5.10 Å². The SMILES string of the molecule is Cc1cccc(N(CC(=O)N/N=C\c2cc(C)n(-c3cccc(Cl)c3)c2C)S(=O)(=O)c2ccccc2)c1. The second-order valence-corrected chi connectivity index (χ2v) is 10.9. The third-order valence-corrected chi connectivity index (χ3v) is 7.86. The number of anilines is 1. The standard InChI is InChI=1S/C28H27ClN4O3S/c1-20-9-7-11-25(15-20)32(37(35,36)27-13-5-4-6-14-27)19-28(34)31-30-18-23-16-21(2)33(22(23)3)26-12-8-10-24(29)17-26/h4-18H,19H2,1-3H3,(H,31,34)/b30-18-. The molecule has 0 aliphatic carbocycles. The summed E-state index contributed by atoms with van der Waals surface area (Å²) in [4.78, 5) is 12.9. The summed E-state index contributed by atoms with van der Waals surface area (Å²) >= 11 is 6.16. The summed E-state index contributed by atoms with van der Waals surface area (Å²) in [5.41, 5.74) is 7.37. The van der Waals surface area contributed by atoms with Gasteiger partial charge >= 0.3 is 0 Å². The molecule has 190 valence electrons. The number of benzene rings is 3. The quantitative estimate of drug-likeness (QED) is 0.242. The van der Waals surface area contributed by atoms with Gasteiger partial charge in [0.2, 0.25) is 0 Å². The van der Waals surface area contributed by atoms with Crippen molar-refractivity contribution in [2.45, 2.75) is 25.7 Å². The highest BCUT2D eigenvalue weighted by molar-refractivity contribution is 7.92. The van der Waals surface area contributed by atoms with Crippen LogP contribution in [0.3, 0.4) is 0 Å². The first-order valence-corrected chi connectivity index (χ1v) is 13.4. The van der Waals surface area contributed by atoms with Gasteiger partial charge in [-0.3, -0.25) is 9.10 Å². The normalized spacial score (nSPS) is 11.6. The summed E-state index contributed by atoms with van der Waals surface area (Å²) in [6.45, 7) is 5.35. The fourth-order valence-corrected chi connectivity index (χ4v) is 5.71. The molecule has 1 amide bonds. The topological polar surface area (TPSA) is 83.8 Å². The van der Waals surface area contributed by atoms with Crippen molar-refractivity contribution >= 4 is 39.4 Å². The number of nitrogens with one attached hydrogen (secondary N) is 1. The number of nitrogens with zero attached hydrogens (tertiary/aromatic N) is 3. The number of carbonyl (C=O) groups is 1. The Hall–Kier alpha value is -3.88. The van der Waals surface area contributed by atoms with Gasteiger partial charge in [0, 0.05) is 27.7 Å². The fourth-order valence-electron chi connectivity index (χ4n) is 4.09. The molecule has 7 nitrogen and oxygen atoms in total. The monoisotopic (exact) mass is 534 g/mol. The maximum atomic E-state index is 13.4. The lowest BCUT2D eigenvalue weighted by Gasteiger charge is -2.24. The number of halogens is 1. The summed E-state index contributed by atoms with van der Waals surface area (Å²) < 4.78 is 30.0. The van der Waals surface area contributed by atoms with Gasteiger partial charge in [-0.1, -0.05) is 48.0 Å². The molecule has 1 aromatic heterocycles. The van der Waals surface area contributed by atoms with Crippen LogP contribution in [0.1, 0.15) is 22.5 Å². The Kier molecular flexibility index (Phi) is 7.80. The predicted octanol–water partition coefficient (Wildman–Crippen LogP) is 5.40. The van der Waals surface area contributed by atoms with E-state index in [1.54, 1.807) is 42.6 Å². The van der Waals surface area contributed by atoms with Crippen LogP contribution < -0.4 is 9.73 Å². The largest absolute Gasteiger partial charge is 0.318 e. The van der Waals surface area contributed by atoms with Crippen LogP contribution in [0.15, 0.2) is 94.9 Å². The second-order valence-electron chi connectivity index (χ2n) is 8.60. The molecule has 1 N–H and O–H groups in total. The van der Waals surface area contributed by atoms with Crippen molar-refractivity contribution in [3.8, 4) is 5.69 Å². The summed E-state index contributed by atoms with van der Waals surface area (Å²) in [6.07, 6.45) is 1.55. The molecule has 4 rings (SSSR count). The number of aromatic nitrogens is 1. The van der Waals surface area contributed by atoms with Crippen LogP contribution in [0.4, 0.5) is 5.69 Å². The van der Waals surface area contributed by atoms with Gasteiger partial charge in [-0.25, -0.2) is 13.8 Å². The van der Waals surface area contributed by atoms with Crippen molar-refractivity contribution in [3.05, 3.63) is 112 Å². The molecule has 0 saturated carbocycles. The number of hydrogen-bond acceptors (Lipinski definition) is 4.